The molecule has 0 saturated carbocycles. The monoisotopic (exact) mass is 275 g/mol. The molecular formula is C10H11BrFNO2. The molecule has 1 fully saturated rings. The molecule has 0 radical (unpaired) electrons. The van der Waals surface area contributed by atoms with Crippen molar-refractivity contribution in [3.8, 4) is 11.5 Å². The molecule has 3 N–H and O–H groups in total. The van der Waals surface area contributed by atoms with E-state index >= 15 is 0 Å². The Kier molecular flexibility index (Phi) is 2.84. The third-order valence-corrected chi connectivity index (χ3v) is 3.48. The van der Waals surface area contributed by atoms with Crippen molar-refractivity contribution in [3.63, 3.8) is 0 Å². The van der Waals surface area contributed by atoms with Crippen molar-refractivity contribution in [1.82, 2.24) is 5.32 Å². The van der Waals surface area contributed by atoms with E-state index in [-0.39, 0.29) is 16.1 Å². The Hall–Kier alpha value is -0.810. The molecule has 1 unspecified atom stereocenters. The van der Waals surface area contributed by atoms with Crippen LogP contribution in [0.3, 0.4) is 0 Å². The molecule has 1 atom stereocenters. The number of aromatic hydroxyl groups is 2. The summed E-state index contributed by atoms with van der Waals surface area (Å²) in [5, 5.41) is 22.2. The Morgan fingerprint density at radius 1 is 1.47 bits per heavy atom. The lowest BCUT2D eigenvalue weighted by Crippen LogP contribution is -2.08. The fraction of sp³-hybridized carbons (Fsp3) is 0.400. The average Bonchev–Trinajstić information content (AvgIpc) is 2.69. The third kappa shape index (κ3) is 1.81. The molecule has 15 heavy (non-hydrogen) atoms. The Morgan fingerprint density at radius 3 is 2.80 bits per heavy atom. The van der Waals surface area contributed by atoms with Crippen molar-refractivity contribution < 1.29 is 14.6 Å². The number of hydrogen-bond acceptors (Lipinski definition) is 3. The largest absolute Gasteiger partial charge is 0.504 e. The lowest BCUT2D eigenvalue weighted by molar-refractivity contribution is 0.391. The first-order valence-electron chi connectivity index (χ1n) is 4.71. The van der Waals surface area contributed by atoms with Crippen LogP contribution >= 0.6 is 15.9 Å². The van der Waals surface area contributed by atoms with E-state index in [0.29, 0.717) is 12.1 Å². The number of nitrogens with one attached hydrogen (secondary N) is 1. The second-order valence-corrected chi connectivity index (χ2v) is 4.44. The van der Waals surface area contributed by atoms with E-state index in [1.807, 2.05) is 0 Å². The van der Waals surface area contributed by atoms with E-state index in [4.69, 9.17) is 0 Å². The molecule has 1 heterocycles. The first-order valence-corrected chi connectivity index (χ1v) is 5.51. The highest BCUT2D eigenvalue weighted by Gasteiger charge is 2.26. The van der Waals surface area contributed by atoms with Gasteiger partial charge >= 0.3 is 0 Å². The quantitative estimate of drug-likeness (QED) is 0.688. The number of hydrogen-bond donors (Lipinski definition) is 3. The highest BCUT2D eigenvalue weighted by atomic mass is 79.9. The second-order valence-electron chi connectivity index (χ2n) is 3.64. The molecule has 82 valence electrons. The fourth-order valence-corrected chi connectivity index (χ4v) is 2.52. The number of benzene rings is 1. The molecule has 0 aliphatic carbocycles. The van der Waals surface area contributed by atoms with E-state index in [1.54, 1.807) is 0 Å². The number of phenols is 2. The summed E-state index contributed by atoms with van der Waals surface area (Å²) < 4.78 is 13.6. The van der Waals surface area contributed by atoms with Gasteiger partial charge in [-0.3, -0.25) is 0 Å². The normalized spacial score (nSPS) is 20.8. The molecule has 0 bridgehead atoms. The van der Waals surface area contributed by atoms with Crippen molar-refractivity contribution in [3.05, 3.63) is 21.9 Å². The van der Waals surface area contributed by atoms with Crippen LogP contribution in [0.2, 0.25) is 0 Å². The van der Waals surface area contributed by atoms with Crippen LogP contribution in [0, 0.1) is 5.82 Å². The van der Waals surface area contributed by atoms with E-state index < -0.39 is 11.6 Å². The first kappa shape index (κ1) is 10.7. The summed E-state index contributed by atoms with van der Waals surface area (Å²) in [4.78, 5) is 0. The van der Waals surface area contributed by atoms with Crippen LogP contribution in [0.4, 0.5) is 4.39 Å². The van der Waals surface area contributed by atoms with Gasteiger partial charge in [0.2, 0.25) is 0 Å². The zero-order valence-electron chi connectivity index (χ0n) is 7.93. The van der Waals surface area contributed by atoms with Gasteiger partial charge in [-0.2, -0.15) is 0 Å². The van der Waals surface area contributed by atoms with Gasteiger partial charge in [-0.25, -0.2) is 4.39 Å². The van der Waals surface area contributed by atoms with Crippen molar-refractivity contribution in [1.29, 1.82) is 0 Å². The van der Waals surface area contributed by atoms with E-state index in [9.17, 15) is 14.6 Å². The van der Waals surface area contributed by atoms with Crippen molar-refractivity contribution >= 4 is 15.9 Å². The smallest absolute Gasteiger partial charge is 0.162 e. The Bertz CT molecular complexity index is 365. The minimum Gasteiger partial charge on any atom is -0.504 e. The van der Waals surface area contributed by atoms with Crippen LogP contribution in [0.15, 0.2) is 10.5 Å². The van der Waals surface area contributed by atoms with Gasteiger partial charge in [0.15, 0.2) is 11.5 Å². The van der Waals surface area contributed by atoms with Gasteiger partial charge in [-0.15, -0.1) is 0 Å². The fourth-order valence-electron chi connectivity index (χ4n) is 1.90. The minimum absolute atomic E-state index is 0.0426. The van der Waals surface area contributed by atoms with Crippen LogP contribution < -0.4 is 5.32 Å². The Labute approximate surface area is 95.1 Å². The van der Waals surface area contributed by atoms with Gasteiger partial charge < -0.3 is 15.5 Å². The maximum atomic E-state index is 13.3. The highest BCUT2D eigenvalue weighted by Crippen LogP contribution is 2.42. The minimum atomic E-state index is -0.549. The van der Waals surface area contributed by atoms with Crippen LogP contribution in [0.25, 0.3) is 0 Å². The zero-order valence-corrected chi connectivity index (χ0v) is 9.51. The van der Waals surface area contributed by atoms with E-state index in [2.05, 4.69) is 21.2 Å². The predicted octanol–water partition coefficient (Wildman–Crippen LogP) is 2.08. The molecular weight excluding hydrogens is 265 g/mol. The Balaban J connectivity index is 2.52. The first-order chi connectivity index (χ1) is 7.11. The van der Waals surface area contributed by atoms with Crippen LogP contribution in [-0.4, -0.2) is 23.3 Å². The van der Waals surface area contributed by atoms with Gasteiger partial charge in [0.05, 0.1) is 4.47 Å². The molecule has 3 nitrogen and oxygen atoms in total. The van der Waals surface area contributed by atoms with Gasteiger partial charge in [0.1, 0.15) is 5.82 Å². The summed E-state index contributed by atoms with van der Waals surface area (Å²) >= 11 is 3.10. The van der Waals surface area contributed by atoms with Crippen molar-refractivity contribution in [2.45, 2.75) is 12.3 Å². The average molecular weight is 276 g/mol. The Morgan fingerprint density at radius 2 is 2.20 bits per heavy atom. The van der Waals surface area contributed by atoms with E-state index in [0.717, 1.165) is 19.0 Å². The molecule has 1 aromatic carbocycles. The molecule has 5 heteroatoms. The lowest BCUT2D eigenvalue weighted by atomic mass is 9.97. The SMILES string of the molecule is Oc1cc(F)c(Br)c(C2CCNC2)c1O. The van der Waals surface area contributed by atoms with Crippen molar-refractivity contribution in [2.24, 2.45) is 0 Å². The van der Waals surface area contributed by atoms with Gasteiger partial charge in [0, 0.05) is 24.1 Å². The molecule has 1 aliphatic heterocycles. The number of phenolic OH excluding ortho intramolecular Hbond substituents is 2. The lowest BCUT2D eigenvalue weighted by Gasteiger charge is -2.14. The van der Waals surface area contributed by atoms with Crippen LogP contribution in [0.5, 0.6) is 11.5 Å². The summed E-state index contributed by atoms with van der Waals surface area (Å²) in [6, 6.07) is 0.908. The highest BCUT2D eigenvalue weighted by molar-refractivity contribution is 9.10. The van der Waals surface area contributed by atoms with Gasteiger partial charge in [-0.1, -0.05) is 0 Å². The summed E-state index contributed by atoms with van der Waals surface area (Å²) in [5.41, 5.74) is 0.456. The van der Waals surface area contributed by atoms with Crippen molar-refractivity contribution in [2.75, 3.05) is 13.1 Å². The molecule has 2 rings (SSSR count). The summed E-state index contributed by atoms with van der Waals surface area (Å²) in [6.45, 7) is 1.53. The van der Waals surface area contributed by atoms with Crippen LogP contribution in [-0.2, 0) is 0 Å². The number of halogens is 2. The standard InChI is InChI=1S/C10H11BrFNO2/c11-9-6(12)3-7(14)10(15)8(9)5-1-2-13-4-5/h3,5,13-15H,1-2,4H2. The van der Waals surface area contributed by atoms with Gasteiger partial charge in [-0.05, 0) is 28.9 Å². The molecule has 1 aliphatic rings. The van der Waals surface area contributed by atoms with Gasteiger partial charge in [0.25, 0.3) is 0 Å². The molecule has 0 amide bonds. The molecule has 1 aromatic rings. The second kappa shape index (κ2) is 3.98. The molecule has 1 saturated heterocycles. The zero-order chi connectivity index (χ0) is 11.0. The molecule has 0 spiro atoms. The summed E-state index contributed by atoms with van der Waals surface area (Å²) in [7, 11) is 0. The molecule has 0 aromatic heterocycles. The summed E-state index contributed by atoms with van der Waals surface area (Å²) in [5.74, 6) is -1.14. The maximum absolute atomic E-state index is 13.3. The third-order valence-electron chi connectivity index (χ3n) is 2.68. The number of rotatable bonds is 1. The maximum Gasteiger partial charge on any atom is 0.162 e. The van der Waals surface area contributed by atoms with Crippen LogP contribution in [0.1, 0.15) is 17.9 Å². The topological polar surface area (TPSA) is 52.5 Å². The predicted molar refractivity (Wildman–Crippen MR) is 57.7 cm³/mol. The van der Waals surface area contributed by atoms with E-state index in [1.165, 1.54) is 0 Å². The summed E-state index contributed by atoms with van der Waals surface area (Å²) in [6.07, 6.45) is 0.828.